The van der Waals surface area contributed by atoms with Gasteiger partial charge in [-0.3, -0.25) is 4.79 Å². The van der Waals surface area contributed by atoms with E-state index in [4.69, 9.17) is 0 Å². The molecule has 1 aromatic carbocycles. The number of nitrogens with zero attached hydrogens (tertiary/aromatic N) is 2. The van der Waals surface area contributed by atoms with E-state index < -0.39 is 18.3 Å². The van der Waals surface area contributed by atoms with E-state index in [1.807, 2.05) is 0 Å². The predicted octanol–water partition coefficient (Wildman–Crippen LogP) is 2.96. The summed E-state index contributed by atoms with van der Waals surface area (Å²) in [6.45, 7) is -1.45. The molecule has 0 aliphatic carbocycles. The Bertz CT molecular complexity index is 661. The zero-order valence-electron chi connectivity index (χ0n) is 8.94. The molecule has 0 fully saturated rings. The van der Waals surface area contributed by atoms with Gasteiger partial charge in [-0.25, -0.2) is 0 Å². The number of fused-ring (bicyclic) bond motifs is 1. The second kappa shape index (κ2) is 4.25. The summed E-state index contributed by atoms with van der Waals surface area (Å²) in [4.78, 5) is 22.4. The lowest BCUT2D eigenvalue weighted by molar-refractivity contribution is -0.141. The summed E-state index contributed by atoms with van der Waals surface area (Å²) in [7, 11) is 0. The van der Waals surface area contributed by atoms with E-state index in [0.29, 0.717) is 4.57 Å². The number of benzene rings is 1. The number of hydrogen-bond donors (Lipinski definition) is 0. The van der Waals surface area contributed by atoms with Crippen molar-refractivity contribution in [3.8, 4) is 0 Å². The Labute approximate surface area is 98.6 Å². The summed E-state index contributed by atoms with van der Waals surface area (Å²) < 4.78 is 37.3. The van der Waals surface area contributed by atoms with E-state index >= 15 is 0 Å². The van der Waals surface area contributed by atoms with Crippen LogP contribution < -0.4 is 5.56 Å². The smallest absolute Gasteiger partial charge is 0.304 e. The molecule has 0 unspecified atom stereocenters. The first-order valence-corrected chi connectivity index (χ1v) is 4.94. The van der Waals surface area contributed by atoms with Gasteiger partial charge in [0.15, 0.2) is 0 Å². The van der Waals surface area contributed by atoms with Crippen molar-refractivity contribution >= 4 is 16.5 Å². The van der Waals surface area contributed by atoms with Gasteiger partial charge in [0.25, 0.3) is 5.56 Å². The number of rotatable bonds is 2. The molecule has 2 aromatic rings. The molecule has 7 heteroatoms. The van der Waals surface area contributed by atoms with Crippen LogP contribution in [-0.4, -0.2) is 10.7 Å². The fraction of sp³-hybridized carbons (Fsp3) is 0.182. The van der Waals surface area contributed by atoms with Crippen molar-refractivity contribution in [2.75, 3.05) is 0 Å². The second-order valence-electron chi connectivity index (χ2n) is 3.70. The summed E-state index contributed by atoms with van der Waals surface area (Å²) in [5.41, 5.74) is -0.982. The van der Waals surface area contributed by atoms with Gasteiger partial charge in [0.05, 0.1) is 0 Å². The third kappa shape index (κ3) is 2.24. The Balaban J connectivity index is 2.73. The Kier molecular flexibility index (Phi) is 2.90. The molecule has 0 radical (unpaired) electrons. The van der Waals surface area contributed by atoms with Crippen molar-refractivity contribution in [1.82, 2.24) is 4.57 Å². The molecule has 94 valence electrons. The molecule has 2 rings (SSSR count). The molecule has 1 heterocycles. The zero-order chi connectivity index (χ0) is 13.3. The fourth-order valence-corrected chi connectivity index (χ4v) is 1.71. The van der Waals surface area contributed by atoms with Crippen LogP contribution in [0, 0.1) is 4.91 Å². The molecule has 0 saturated heterocycles. The van der Waals surface area contributed by atoms with Crippen molar-refractivity contribution in [2.45, 2.75) is 12.7 Å². The lowest BCUT2D eigenvalue weighted by atomic mass is 10.1. The lowest BCUT2D eigenvalue weighted by Gasteiger charge is -2.10. The Morgan fingerprint density at radius 2 is 1.78 bits per heavy atom. The molecule has 1 aromatic heterocycles. The van der Waals surface area contributed by atoms with Crippen LogP contribution in [0.5, 0.6) is 0 Å². The van der Waals surface area contributed by atoms with Crippen LogP contribution >= 0.6 is 0 Å². The highest BCUT2D eigenvalue weighted by Crippen LogP contribution is 2.24. The van der Waals surface area contributed by atoms with Crippen LogP contribution in [0.15, 0.2) is 40.4 Å². The van der Waals surface area contributed by atoms with Gasteiger partial charge in [-0.15, -0.1) is 4.91 Å². The van der Waals surface area contributed by atoms with E-state index in [0.717, 1.165) is 6.20 Å². The first-order chi connectivity index (χ1) is 8.42. The largest absolute Gasteiger partial charge is 0.406 e. The van der Waals surface area contributed by atoms with Crippen LogP contribution in [0.3, 0.4) is 0 Å². The summed E-state index contributed by atoms with van der Waals surface area (Å²) in [6.07, 6.45) is -3.71. The molecule has 0 saturated carbocycles. The third-order valence-electron chi connectivity index (χ3n) is 2.42. The molecule has 0 bridgehead atoms. The quantitative estimate of drug-likeness (QED) is 0.775. The number of halogens is 3. The Morgan fingerprint density at radius 3 is 2.33 bits per heavy atom. The van der Waals surface area contributed by atoms with Crippen LogP contribution in [0.25, 0.3) is 10.8 Å². The summed E-state index contributed by atoms with van der Waals surface area (Å²) in [5.74, 6) is 0. The molecule has 4 nitrogen and oxygen atoms in total. The molecule has 0 aliphatic rings. The number of pyridine rings is 1. The first-order valence-electron chi connectivity index (χ1n) is 4.94. The lowest BCUT2D eigenvalue weighted by Crippen LogP contribution is -2.27. The Morgan fingerprint density at radius 1 is 1.17 bits per heavy atom. The molecule has 0 spiro atoms. The molecule has 0 atom stereocenters. The molecule has 0 amide bonds. The standard InChI is InChI=1S/C11H7F3N2O2/c12-11(13,14)6-16-5-9(15-18)7-3-1-2-4-8(7)10(16)17/h1-5H,6H2. The predicted molar refractivity (Wildman–Crippen MR) is 59.7 cm³/mol. The van der Waals surface area contributed by atoms with Crippen LogP contribution in [-0.2, 0) is 6.54 Å². The van der Waals surface area contributed by atoms with Gasteiger partial charge in [0.1, 0.15) is 12.2 Å². The normalized spacial score (nSPS) is 11.7. The first kappa shape index (κ1) is 12.3. The number of nitroso groups, excluding NO2 is 1. The van der Waals surface area contributed by atoms with Gasteiger partial charge >= 0.3 is 6.18 Å². The van der Waals surface area contributed by atoms with Crippen molar-refractivity contribution < 1.29 is 13.2 Å². The highest BCUT2D eigenvalue weighted by molar-refractivity contribution is 5.91. The Hall–Kier alpha value is -2.18. The van der Waals surface area contributed by atoms with Crippen molar-refractivity contribution in [3.63, 3.8) is 0 Å². The number of alkyl halides is 3. The van der Waals surface area contributed by atoms with Crippen molar-refractivity contribution in [2.24, 2.45) is 5.18 Å². The molecule has 18 heavy (non-hydrogen) atoms. The van der Waals surface area contributed by atoms with E-state index in [2.05, 4.69) is 5.18 Å². The van der Waals surface area contributed by atoms with Crippen LogP contribution in [0.1, 0.15) is 0 Å². The highest BCUT2D eigenvalue weighted by atomic mass is 19.4. The van der Waals surface area contributed by atoms with Crippen LogP contribution in [0.4, 0.5) is 18.9 Å². The maximum absolute atomic E-state index is 12.3. The van der Waals surface area contributed by atoms with E-state index in [1.165, 1.54) is 18.2 Å². The minimum Gasteiger partial charge on any atom is -0.304 e. The van der Waals surface area contributed by atoms with Crippen molar-refractivity contribution in [1.29, 1.82) is 0 Å². The molecular weight excluding hydrogens is 249 g/mol. The van der Waals surface area contributed by atoms with Crippen molar-refractivity contribution in [3.05, 3.63) is 45.7 Å². The van der Waals surface area contributed by atoms with Gasteiger partial charge in [-0.2, -0.15) is 13.2 Å². The summed E-state index contributed by atoms with van der Waals surface area (Å²) in [5, 5.41) is 2.94. The highest BCUT2D eigenvalue weighted by Gasteiger charge is 2.29. The topological polar surface area (TPSA) is 51.4 Å². The van der Waals surface area contributed by atoms with E-state index in [-0.39, 0.29) is 16.5 Å². The summed E-state index contributed by atoms with van der Waals surface area (Å²) in [6, 6.07) is 5.91. The average Bonchev–Trinajstić information content (AvgIpc) is 2.31. The average molecular weight is 256 g/mol. The maximum atomic E-state index is 12.3. The third-order valence-corrected chi connectivity index (χ3v) is 2.42. The maximum Gasteiger partial charge on any atom is 0.406 e. The van der Waals surface area contributed by atoms with Crippen LogP contribution in [0.2, 0.25) is 0 Å². The minimum atomic E-state index is -4.54. The van der Waals surface area contributed by atoms with Gasteiger partial charge in [0.2, 0.25) is 0 Å². The molecule has 0 N–H and O–H groups in total. The fourth-order valence-electron chi connectivity index (χ4n) is 1.71. The zero-order valence-corrected chi connectivity index (χ0v) is 8.94. The second-order valence-corrected chi connectivity index (χ2v) is 3.70. The van der Waals surface area contributed by atoms with E-state index in [9.17, 15) is 22.9 Å². The van der Waals surface area contributed by atoms with Gasteiger partial charge in [-0.05, 0) is 11.2 Å². The monoisotopic (exact) mass is 256 g/mol. The SMILES string of the molecule is O=Nc1cn(CC(F)(F)F)c(=O)c2ccccc12. The van der Waals surface area contributed by atoms with Gasteiger partial charge < -0.3 is 4.57 Å². The summed E-state index contributed by atoms with van der Waals surface area (Å²) >= 11 is 0. The van der Waals surface area contributed by atoms with Gasteiger partial charge in [-0.1, -0.05) is 18.2 Å². The van der Waals surface area contributed by atoms with Gasteiger partial charge in [0, 0.05) is 17.0 Å². The minimum absolute atomic E-state index is 0.0406. The van der Waals surface area contributed by atoms with E-state index in [1.54, 1.807) is 6.07 Å². The molecular formula is C11H7F3N2O2. The number of hydrogen-bond acceptors (Lipinski definition) is 3. The number of aromatic nitrogens is 1. The molecule has 0 aliphatic heterocycles.